The maximum Gasteiger partial charge on any atom is 0.263 e. The standard InChI is InChI=1S/C16H12FN3O2/c1-20-13-5-3-2-4-10(13)8-12(16(20)22)15(21)19-14-7-6-11(17)9-18-14/h2-9H,1H3,(H,18,19,21). The lowest BCUT2D eigenvalue weighted by molar-refractivity contribution is 0.102. The van der Waals surface area contributed by atoms with E-state index in [2.05, 4.69) is 10.3 Å². The fourth-order valence-corrected chi connectivity index (χ4v) is 2.22. The van der Waals surface area contributed by atoms with E-state index in [1.165, 1.54) is 22.8 Å². The van der Waals surface area contributed by atoms with Crippen LogP contribution in [-0.2, 0) is 7.05 Å². The molecular weight excluding hydrogens is 285 g/mol. The minimum Gasteiger partial charge on any atom is -0.311 e. The Bertz CT molecular complexity index is 917. The zero-order chi connectivity index (χ0) is 15.7. The van der Waals surface area contributed by atoms with Crippen molar-refractivity contribution in [1.82, 2.24) is 9.55 Å². The van der Waals surface area contributed by atoms with Gasteiger partial charge in [0.15, 0.2) is 0 Å². The van der Waals surface area contributed by atoms with Gasteiger partial charge in [-0.05, 0) is 29.7 Å². The van der Waals surface area contributed by atoms with Gasteiger partial charge in [-0.25, -0.2) is 9.37 Å². The average molecular weight is 297 g/mol. The van der Waals surface area contributed by atoms with Gasteiger partial charge in [0.2, 0.25) is 0 Å². The van der Waals surface area contributed by atoms with Gasteiger partial charge < -0.3 is 9.88 Å². The number of fused-ring (bicyclic) bond motifs is 1. The third-order valence-corrected chi connectivity index (χ3v) is 3.35. The van der Waals surface area contributed by atoms with Gasteiger partial charge in [-0.3, -0.25) is 9.59 Å². The fourth-order valence-electron chi connectivity index (χ4n) is 2.22. The molecule has 0 fully saturated rings. The second-order valence-corrected chi connectivity index (χ2v) is 4.80. The number of aromatic nitrogens is 2. The van der Waals surface area contributed by atoms with E-state index in [1.807, 2.05) is 18.2 Å². The molecule has 110 valence electrons. The second kappa shape index (κ2) is 5.40. The number of carbonyl (C=O) groups excluding carboxylic acids is 1. The Morgan fingerprint density at radius 1 is 1.23 bits per heavy atom. The molecule has 3 aromatic rings. The quantitative estimate of drug-likeness (QED) is 0.789. The number of aryl methyl sites for hydroxylation is 1. The number of hydrogen-bond donors (Lipinski definition) is 1. The average Bonchev–Trinajstić information content (AvgIpc) is 2.53. The summed E-state index contributed by atoms with van der Waals surface area (Å²) >= 11 is 0. The van der Waals surface area contributed by atoms with Crippen molar-refractivity contribution in [2.45, 2.75) is 0 Å². The minimum atomic E-state index is -0.578. The molecule has 1 N–H and O–H groups in total. The van der Waals surface area contributed by atoms with Crippen LogP contribution in [0.25, 0.3) is 10.9 Å². The third-order valence-electron chi connectivity index (χ3n) is 3.35. The molecule has 0 spiro atoms. The number of nitrogens with zero attached hydrogens (tertiary/aromatic N) is 2. The van der Waals surface area contributed by atoms with Crippen molar-refractivity contribution in [3.8, 4) is 0 Å². The van der Waals surface area contributed by atoms with Gasteiger partial charge in [-0.15, -0.1) is 0 Å². The second-order valence-electron chi connectivity index (χ2n) is 4.80. The van der Waals surface area contributed by atoms with Crippen molar-refractivity contribution in [3.63, 3.8) is 0 Å². The van der Waals surface area contributed by atoms with Gasteiger partial charge >= 0.3 is 0 Å². The van der Waals surface area contributed by atoms with Crippen LogP contribution in [0.4, 0.5) is 10.2 Å². The largest absolute Gasteiger partial charge is 0.311 e. The molecule has 0 atom stereocenters. The maximum atomic E-state index is 12.8. The number of carbonyl (C=O) groups is 1. The molecule has 0 unspecified atom stereocenters. The zero-order valence-corrected chi connectivity index (χ0v) is 11.7. The summed E-state index contributed by atoms with van der Waals surface area (Å²) in [6.07, 6.45) is 0.994. The van der Waals surface area contributed by atoms with Crippen LogP contribution >= 0.6 is 0 Å². The molecule has 1 amide bonds. The van der Waals surface area contributed by atoms with Crippen molar-refractivity contribution in [2.75, 3.05) is 5.32 Å². The predicted molar refractivity (Wildman–Crippen MR) is 81.3 cm³/mol. The first-order valence-electron chi connectivity index (χ1n) is 6.58. The Morgan fingerprint density at radius 3 is 2.73 bits per heavy atom. The van der Waals surface area contributed by atoms with Crippen LogP contribution < -0.4 is 10.9 Å². The number of para-hydroxylation sites is 1. The molecule has 0 aliphatic heterocycles. The molecule has 1 aromatic carbocycles. The van der Waals surface area contributed by atoms with Crippen LogP contribution in [0.1, 0.15) is 10.4 Å². The Hall–Kier alpha value is -3.02. The fraction of sp³-hybridized carbons (Fsp3) is 0.0625. The molecule has 5 nitrogen and oxygen atoms in total. The highest BCUT2D eigenvalue weighted by molar-refractivity contribution is 6.05. The van der Waals surface area contributed by atoms with Crippen LogP contribution in [0.2, 0.25) is 0 Å². The topological polar surface area (TPSA) is 64.0 Å². The number of anilines is 1. The molecule has 2 heterocycles. The lowest BCUT2D eigenvalue weighted by Crippen LogP contribution is -2.28. The van der Waals surface area contributed by atoms with Crippen molar-refractivity contribution < 1.29 is 9.18 Å². The van der Waals surface area contributed by atoms with E-state index >= 15 is 0 Å². The summed E-state index contributed by atoms with van der Waals surface area (Å²) < 4.78 is 14.2. The summed E-state index contributed by atoms with van der Waals surface area (Å²) in [5, 5.41) is 3.27. The smallest absolute Gasteiger partial charge is 0.263 e. The van der Waals surface area contributed by atoms with E-state index in [1.54, 1.807) is 13.1 Å². The molecular formula is C16H12FN3O2. The summed E-state index contributed by atoms with van der Waals surface area (Å²) in [5.74, 6) is -0.897. The van der Waals surface area contributed by atoms with Crippen LogP contribution in [0, 0.1) is 5.82 Å². The Kier molecular flexibility index (Phi) is 3.42. The number of benzene rings is 1. The molecule has 0 saturated heterocycles. The number of rotatable bonds is 2. The molecule has 2 aromatic heterocycles. The molecule has 6 heteroatoms. The first kappa shape index (κ1) is 13.9. The van der Waals surface area contributed by atoms with Gasteiger partial charge in [0.25, 0.3) is 11.5 Å². The van der Waals surface area contributed by atoms with Gasteiger partial charge in [0, 0.05) is 7.05 Å². The Morgan fingerprint density at radius 2 is 2.00 bits per heavy atom. The third kappa shape index (κ3) is 2.46. The SMILES string of the molecule is Cn1c(=O)c(C(=O)Nc2ccc(F)cn2)cc2ccccc21. The van der Waals surface area contributed by atoms with E-state index in [-0.39, 0.29) is 11.4 Å². The normalized spacial score (nSPS) is 10.6. The molecule has 0 saturated carbocycles. The number of amides is 1. The molecule has 0 aliphatic rings. The van der Waals surface area contributed by atoms with Crippen LogP contribution in [-0.4, -0.2) is 15.5 Å². The highest BCUT2D eigenvalue weighted by Gasteiger charge is 2.14. The molecule has 22 heavy (non-hydrogen) atoms. The Labute approximate surface area is 125 Å². The lowest BCUT2D eigenvalue weighted by Gasteiger charge is -2.09. The molecule has 0 aliphatic carbocycles. The van der Waals surface area contributed by atoms with Crippen LogP contribution in [0.5, 0.6) is 0 Å². The summed E-state index contributed by atoms with van der Waals surface area (Å²) in [6, 6.07) is 11.3. The maximum absolute atomic E-state index is 12.8. The lowest BCUT2D eigenvalue weighted by atomic mass is 10.1. The summed E-state index contributed by atoms with van der Waals surface area (Å²) in [4.78, 5) is 28.3. The number of nitrogens with one attached hydrogen (secondary N) is 1. The van der Waals surface area contributed by atoms with Gasteiger partial charge in [-0.2, -0.15) is 0 Å². The predicted octanol–water partition coefficient (Wildman–Crippen LogP) is 2.32. The van der Waals surface area contributed by atoms with Crippen molar-refractivity contribution in [2.24, 2.45) is 7.05 Å². The molecule has 0 bridgehead atoms. The van der Waals surface area contributed by atoms with Gasteiger partial charge in [0.05, 0.1) is 11.7 Å². The summed E-state index contributed by atoms with van der Waals surface area (Å²) in [5.41, 5.74) is 0.342. The van der Waals surface area contributed by atoms with Crippen LogP contribution in [0.3, 0.4) is 0 Å². The van der Waals surface area contributed by atoms with Gasteiger partial charge in [-0.1, -0.05) is 18.2 Å². The van der Waals surface area contributed by atoms with Gasteiger partial charge in [0.1, 0.15) is 17.2 Å². The van der Waals surface area contributed by atoms with E-state index < -0.39 is 17.3 Å². The summed E-state index contributed by atoms with van der Waals surface area (Å²) in [7, 11) is 1.61. The summed E-state index contributed by atoms with van der Waals surface area (Å²) in [6.45, 7) is 0. The molecule has 3 rings (SSSR count). The number of pyridine rings is 2. The molecule has 0 radical (unpaired) electrons. The number of hydrogen-bond acceptors (Lipinski definition) is 3. The number of halogens is 1. The highest BCUT2D eigenvalue weighted by Crippen LogP contribution is 2.13. The Balaban J connectivity index is 2.02. The first-order valence-corrected chi connectivity index (χ1v) is 6.58. The van der Waals surface area contributed by atoms with E-state index in [4.69, 9.17) is 0 Å². The van der Waals surface area contributed by atoms with Crippen molar-refractivity contribution in [3.05, 3.63) is 70.4 Å². The minimum absolute atomic E-state index is 0.00678. The van der Waals surface area contributed by atoms with Crippen molar-refractivity contribution in [1.29, 1.82) is 0 Å². The van der Waals surface area contributed by atoms with E-state index in [9.17, 15) is 14.0 Å². The highest BCUT2D eigenvalue weighted by atomic mass is 19.1. The zero-order valence-electron chi connectivity index (χ0n) is 11.7. The monoisotopic (exact) mass is 297 g/mol. The van der Waals surface area contributed by atoms with E-state index in [0.717, 1.165) is 17.1 Å². The van der Waals surface area contributed by atoms with E-state index in [0.29, 0.717) is 0 Å². The van der Waals surface area contributed by atoms with Crippen LogP contribution in [0.15, 0.2) is 53.5 Å². The first-order chi connectivity index (χ1) is 10.6. The van der Waals surface area contributed by atoms with Crippen molar-refractivity contribution >= 4 is 22.6 Å².